The standard InChI is InChI=1S/C3H7BrO3P/c4-2-1-3-8(5,6)7/h1-2,5-7H,3H2/q+1. The van der Waals surface area contributed by atoms with Gasteiger partial charge in [0, 0.05) is 0 Å². The van der Waals surface area contributed by atoms with Crippen molar-refractivity contribution < 1.29 is 14.7 Å². The molecule has 5 heteroatoms. The zero-order valence-electron chi connectivity index (χ0n) is 4.03. The van der Waals surface area contributed by atoms with Gasteiger partial charge >= 0.3 is 7.94 Å². The van der Waals surface area contributed by atoms with Crippen LogP contribution in [0.4, 0.5) is 0 Å². The molecule has 0 radical (unpaired) electrons. The average molecular weight is 202 g/mol. The van der Waals surface area contributed by atoms with E-state index in [1.54, 1.807) is 0 Å². The Morgan fingerprint density at radius 2 is 1.88 bits per heavy atom. The Bertz CT molecular complexity index is 87.0. The maximum absolute atomic E-state index is 8.30. The topological polar surface area (TPSA) is 60.7 Å². The molecule has 3 N–H and O–H groups in total. The summed E-state index contributed by atoms with van der Waals surface area (Å²) >= 11 is 2.91. The zero-order valence-corrected chi connectivity index (χ0v) is 6.51. The molecule has 0 atom stereocenters. The molecule has 0 fully saturated rings. The van der Waals surface area contributed by atoms with Crippen LogP contribution < -0.4 is 0 Å². The molecule has 0 aliphatic carbocycles. The average Bonchev–Trinajstić information content (AvgIpc) is 1.59. The first-order chi connectivity index (χ1) is 3.56. The fourth-order valence-electron chi connectivity index (χ4n) is 0.181. The zero-order chi connectivity index (χ0) is 6.62. The predicted octanol–water partition coefficient (Wildman–Crippen LogP) is 0.634. The van der Waals surface area contributed by atoms with E-state index in [4.69, 9.17) is 14.7 Å². The molecule has 0 aromatic carbocycles. The van der Waals surface area contributed by atoms with Gasteiger partial charge in [-0.05, 0) is 11.1 Å². The molecular formula is C3H7BrO3P+. The number of hydrogen-bond acceptors (Lipinski definition) is 3. The van der Waals surface area contributed by atoms with E-state index in [9.17, 15) is 0 Å². The van der Waals surface area contributed by atoms with Crippen LogP contribution in [0.15, 0.2) is 11.1 Å². The molecule has 0 aromatic heterocycles. The van der Waals surface area contributed by atoms with Gasteiger partial charge in [0.2, 0.25) is 0 Å². The van der Waals surface area contributed by atoms with Crippen molar-refractivity contribution in [1.29, 1.82) is 0 Å². The molecule has 0 unspecified atom stereocenters. The predicted molar refractivity (Wildman–Crippen MR) is 36.5 cm³/mol. The number of allylic oxidation sites excluding steroid dienone is 1. The molecule has 8 heavy (non-hydrogen) atoms. The van der Waals surface area contributed by atoms with Crippen LogP contribution in [-0.4, -0.2) is 20.8 Å². The molecule has 0 saturated heterocycles. The van der Waals surface area contributed by atoms with Gasteiger partial charge in [-0.25, -0.2) is 0 Å². The molecule has 48 valence electrons. The minimum Gasteiger partial charge on any atom is -0.193 e. The number of hydrogen-bond donors (Lipinski definition) is 3. The molecule has 0 aliphatic rings. The van der Waals surface area contributed by atoms with Crippen molar-refractivity contribution in [2.45, 2.75) is 0 Å². The fraction of sp³-hybridized carbons (Fsp3) is 0.333. The molecule has 0 bridgehead atoms. The Morgan fingerprint density at radius 3 is 2.00 bits per heavy atom. The van der Waals surface area contributed by atoms with Gasteiger partial charge in [0.25, 0.3) is 0 Å². The van der Waals surface area contributed by atoms with Crippen LogP contribution in [0, 0.1) is 0 Å². The first kappa shape index (κ1) is 8.53. The lowest BCUT2D eigenvalue weighted by atomic mass is 10.8. The van der Waals surface area contributed by atoms with Crippen molar-refractivity contribution >= 4 is 23.9 Å². The third kappa shape index (κ3) is 6.53. The van der Waals surface area contributed by atoms with Gasteiger partial charge in [0.1, 0.15) is 0 Å². The van der Waals surface area contributed by atoms with Crippen molar-refractivity contribution in [3.8, 4) is 0 Å². The van der Waals surface area contributed by atoms with E-state index in [0.29, 0.717) is 0 Å². The van der Waals surface area contributed by atoms with Crippen LogP contribution in [0.3, 0.4) is 0 Å². The summed E-state index contributed by atoms with van der Waals surface area (Å²) < 4.78 is 0. The van der Waals surface area contributed by atoms with Gasteiger partial charge in [0.05, 0.1) is 0 Å². The van der Waals surface area contributed by atoms with Crippen molar-refractivity contribution in [2.24, 2.45) is 0 Å². The van der Waals surface area contributed by atoms with Crippen molar-refractivity contribution in [1.82, 2.24) is 0 Å². The molecule has 0 spiro atoms. The first-order valence-electron chi connectivity index (χ1n) is 1.88. The summed E-state index contributed by atoms with van der Waals surface area (Å²) in [6.07, 6.45) is 1.34. The molecule has 3 nitrogen and oxygen atoms in total. The summed E-state index contributed by atoms with van der Waals surface area (Å²) in [4.78, 5) is 26.4. The minimum absolute atomic E-state index is 0.0851. The van der Waals surface area contributed by atoms with Crippen LogP contribution in [0.1, 0.15) is 0 Å². The third-order valence-electron chi connectivity index (χ3n) is 0.439. The highest BCUT2D eigenvalue weighted by molar-refractivity contribution is 9.11. The lowest BCUT2D eigenvalue weighted by molar-refractivity contribution is 0.335. The highest BCUT2D eigenvalue weighted by Crippen LogP contribution is 2.44. The van der Waals surface area contributed by atoms with Gasteiger partial charge in [-0.15, -0.1) is 0 Å². The first-order valence-corrected chi connectivity index (χ1v) is 4.62. The summed E-state index contributed by atoms with van der Waals surface area (Å²) in [6, 6.07) is 0. The minimum atomic E-state index is -3.55. The maximum Gasteiger partial charge on any atom is 0.407 e. The molecule has 0 amide bonds. The van der Waals surface area contributed by atoms with Gasteiger partial charge in [-0.2, -0.15) is 14.7 Å². The lowest BCUT2D eigenvalue weighted by Crippen LogP contribution is -1.89. The largest absolute Gasteiger partial charge is 0.407 e. The molecule has 0 aromatic rings. The molecular weight excluding hydrogens is 195 g/mol. The summed E-state index contributed by atoms with van der Waals surface area (Å²) in [5, 5.41) is 0. The van der Waals surface area contributed by atoms with E-state index in [0.717, 1.165) is 0 Å². The molecule has 0 heterocycles. The van der Waals surface area contributed by atoms with E-state index in [2.05, 4.69) is 15.9 Å². The summed E-state index contributed by atoms with van der Waals surface area (Å²) in [7, 11) is -3.55. The monoisotopic (exact) mass is 201 g/mol. The van der Waals surface area contributed by atoms with E-state index < -0.39 is 7.94 Å². The second-order valence-corrected chi connectivity index (χ2v) is 3.52. The Kier molecular flexibility index (Phi) is 3.77. The number of rotatable bonds is 2. The Labute approximate surface area is 56.4 Å². The quantitative estimate of drug-likeness (QED) is 0.575. The number of halogens is 1. The van der Waals surface area contributed by atoms with Crippen molar-refractivity contribution in [3.05, 3.63) is 11.1 Å². The highest BCUT2D eigenvalue weighted by atomic mass is 79.9. The fourth-order valence-corrected chi connectivity index (χ4v) is 1.05. The maximum atomic E-state index is 8.30. The normalized spacial score (nSPS) is 13.0. The van der Waals surface area contributed by atoms with Crippen molar-refractivity contribution in [2.75, 3.05) is 6.16 Å². The molecule has 0 aliphatic heterocycles. The van der Waals surface area contributed by atoms with E-state index in [1.165, 1.54) is 11.1 Å². The SMILES string of the molecule is O[P+](O)(O)CC=CBr. The van der Waals surface area contributed by atoms with Crippen LogP contribution in [0.25, 0.3) is 0 Å². The van der Waals surface area contributed by atoms with Crippen molar-refractivity contribution in [3.63, 3.8) is 0 Å². The van der Waals surface area contributed by atoms with E-state index >= 15 is 0 Å². The molecule has 0 rings (SSSR count). The second-order valence-electron chi connectivity index (χ2n) is 1.24. The highest BCUT2D eigenvalue weighted by Gasteiger charge is 2.26. The Balaban J connectivity index is 3.39. The summed E-state index contributed by atoms with van der Waals surface area (Å²) in [5.41, 5.74) is 0. The summed E-state index contributed by atoms with van der Waals surface area (Å²) in [6.45, 7) is 0. The van der Waals surface area contributed by atoms with Crippen LogP contribution >= 0.6 is 23.9 Å². The Morgan fingerprint density at radius 1 is 1.38 bits per heavy atom. The van der Waals surface area contributed by atoms with Gasteiger partial charge in [-0.3, -0.25) is 0 Å². The van der Waals surface area contributed by atoms with E-state index in [-0.39, 0.29) is 6.16 Å². The summed E-state index contributed by atoms with van der Waals surface area (Å²) in [5.74, 6) is 0. The third-order valence-corrected chi connectivity index (χ3v) is 1.51. The van der Waals surface area contributed by atoms with Gasteiger partial charge in [-0.1, -0.05) is 15.9 Å². The molecule has 0 saturated carbocycles. The van der Waals surface area contributed by atoms with Gasteiger partial charge < -0.3 is 0 Å². The smallest absolute Gasteiger partial charge is 0.193 e. The van der Waals surface area contributed by atoms with Gasteiger partial charge in [0.15, 0.2) is 6.16 Å². The van der Waals surface area contributed by atoms with E-state index in [1.807, 2.05) is 0 Å². The van der Waals surface area contributed by atoms with Crippen LogP contribution in [0.5, 0.6) is 0 Å². The Hall–Kier alpha value is 0.530. The van der Waals surface area contributed by atoms with Crippen LogP contribution in [0.2, 0.25) is 0 Å². The van der Waals surface area contributed by atoms with Crippen LogP contribution in [-0.2, 0) is 0 Å². The lowest BCUT2D eigenvalue weighted by Gasteiger charge is -1.96. The second kappa shape index (κ2) is 3.54.